The van der Waals surface area contributed by atoms with E-state index in [0.717, 1.165) is 16.4 Å². The van der Waals surface area contributed by atoms with Crippen LogP contribution >= 0.6 is 11.3 Å². The first-order valence-electron chi connectivity index (χ1n) is 6.33. The second-order valence-corrected chi connectivity index (χ2v) is 7.65. The van der Waals surface area contributed by atoms with E-state index in [1.807, 2.05) is 23.9 Å². The van der Waals surface area contributed by atoms with Crippen LogP contribution in [0, 0.1) is 13.8 Å². The van der Waals surface area contributed by atoms with E-state index < -0.39 is 10.0 Å². The average molecular weight is 313 g/mol. The van der Waals surface area contributed by atoms with Gasteiger partial charge in [0.25, 0.3) is 0 Å². The van der Waals surface area contributed by atoms with Crippen molar-refractivity contribution in [1.29, 1.82) is 0 Å². The molecule has 2 aromatic rings. The lowest BCUT2D eigenvalue weighted by atomic mass is 10.4. The number of aromatic nitrogens is 2. The van der Waals surface area contributed by atoms with Crippen molar-refractivity contribution < 1.29 is 8.42 Å². The van der Waals surface area contributed by atoms with Gasteiger partial charge in [0.1, 0.15) is 9.90 Å². The summed E-state index contributed by atoms with van der Waals surface area (Å²) in [7, 11) is -1.63. The average Bonchev–Trinajstić information content (AvgIpc) is 2.84. The van der Waals surface area contributed by atoms with Crippen LogP contribution in [0.1, 0.15) is 25.2 Å². The number of aryl methyl sites for hydroxylation is 1. The molecule has 1 N–H and O–H groups in total. The van der Waals surface area contributed by atoms with E-state index in [1.54, 1.807) is 26.8 Å². The second-order valence-electron chi connectivity index (χ2n) is 5.11. The molecule has 0 bridgehead atoms. The third kappa shape index (κ3) is 2.79. The van der Waals surface area contributed by atoms with Crippen LogP contribution in [0.4, 0.5) is 0 Å². The minimum absolute atomic E-state index is 0.134. The van der Waals surface area contributed by atoms with E-state index in [9.17, 15) is 8.42 Å². The highest BCUT2D eigenvalue weighted by atomic mass is 32.2. The Balaban J connectivity index is 2.53. The first kappa shape index (κ1) is 15.2. The van der Waals surface area contributed by atoms with Gasteiger partial charge in [0, 0.05) is 29.9 Å². The molecule has 0 unspecified atom stereocenters. The molecule has 0 saturated heterocycles. The largest absolute Gasteiger partial charge is 0.345 e. The van der Waals surface area contributed by atoms with Gasteiger partial charge in [-0.25, -0.2) is 18.1 Å². The molecule has 20 heavy (non-hydrogen) atoms. The highest BCUT2D eigenvalue weighted by molar-refractivity contribution is 7.89. The zero-order valence-corrected chi connectivity index (χ0v) is 13.9. The standard InChI is InChI=1S/C13H19N3O2S2/c1-8(2)15-20(17,18)12-6-11(16(5)10(12)4)13-14-9(3)7-19-13/h6-8,15H,1-5H3. The number of sulfonamides is 1. The number of nitrogens with zero attached hydrogens (tertiary/aromatic N) is 2. The van der Waals surface area contributed by atoms with Gasteiger partial charge in [-0.05, 0) is 33.8 Å². The summed E-state index contributed by atoms with van der Waals surface area (Å²) in [5, 5.41) is 2.79. The van der Waals surface area contributed by atoms with Crippen molar-refractivity contribution in [2.24, 2.45) is 7.05 Å². The molecule has 110 valence electrons. The van der Waals surface area contributed by atoms with Crippen molar-refractivity contribution in [2.75, 3.05) is 0 Å². The highest BCUT2D eigenvalue weighted by Crippen LogP contribution is 2.29. The van der Waals surface area contributed by atoms with E-state index in [-0.39, 0.29) is 6.04 Å². The van der Waals surface area contributed by atoms with Crippen molar-refractivity contribution in [3.63, 3.8) is 0 Å². The number of thiazole rings is 1. The maximum Gasteiger partial charge on any atom is 0.242 e. The van der Waals surface area contributed by atoms with E-state index in [4.69, 9.17) is 0 Å². The van der Waals surface area contributed by atoms with Gasteiger partial charge in [0.15, 0.2) is 0 Å². The van der Waals surface area contributed by atoms with E-state index in [0.29, 0.717) is 10.6 Å². The number of hydrogen-bond donors (Lipinski definition) is 1. The Kier molecular flexibility index (Phi) is 4.04. The SMILES string of the molecule is Cc1csc(-c2cc(S(=O)(=O)NC(C)C)c(C)n2C)n1. The Morgan fingerprint density at radius 1 is 1.35 bits per heavy atom. The fraction of sp³-hybridized carbons (Fsp3) is 0.462. The summed E-state index contributed by atoms with van der Waals surface area (Å²) < 4.78 is 29.1. The number of hydrogen-bond acceptors (Lipinski definition) is 4. The molecule has 5 nitrogen and oxygen atoms in total. The Bertz CT molecular complexity index is 727. The van der Waals surface area contributed by atoms with Crippen LogP contribution in [0.3, 0.4) is 0 Å². The van der Waals surface area contributed by atoms with E-state index >= 15 is 0 Å². The van der Waals surface area contributed by atoms with Crippen LogP contribution < -0.4 is 4.72 Å². The smallest absolute Gasteiger partial charge is 0.242 e. The normalized spacial score (nSPS) is 12.3. The Labute approximate surface area is 123 Å². The topological polar surface area (TPSA) is 64.0 Å². The molecule has 0 fully saturated rings. The van der Waals surface area contributed by atoms with Crippen molar-refractivity contribution >= 4 is 21.4 Å². The molecule has 0 spiro atoms. The van der Waals surface area contributed by atoms with Gasteiger partial charge < -0.3 is 4.57 Å². The fourth-order valence-corrected chi connectivity index (χ4v) is 4.38. The quantitative estimate of drug-likeness (QED) is 0.943. The zero-order chi connectivity index (χ0) is 15.1. The molecule has 0 radical (unpaired) electrons. The summed E-state index contributed by atoms with van der Waals surface area (Å²) in [4.78, 5) is 4.74. The molecule has 0 aromatic carbocycles. The minimum Gasteiger partial charge on any atom is -0.345 e. The van der Waals surface area contributed by atoms with Crippen LogP contribution in [-0.4, -0.2) is 24.0 Å². The summed E-state index contributed by atoms with van der Waals surface area (Å²) in [5.74, 6) is 0. The maximum atomic E-state index is 12.3. The van der Waals surface area contributed by atoms with Gasteiger partial charge in [-0.15, -0.1) is 11.3 Å². The molecule has 2 heterocycles. The Morgan fingerprint density at radius 3 is 2.50 bits per heavy atom. The molecule has 0 aliphatic rings. The third-order valence-corrected chi connectivity index (χ3v) is 5.76. The fourth-order valence-electron chi connectivity index (χ4n) is 1.99. The van der Waals surface area contributed by atoms with E-state index in [1.165, 1.54) is 11.3 Å². The molecule has 0 aliphatic carbocycles. The first-order chi connectivity index (χ1) is 9.22. The van der Waals surface area contributed by atoms with Crippen molar-refractivity contribution in [3.05, 3.63) is 22.8 Å². The van der Waals surface area contributed by atoms with E-state index in [2.05, 4.69) is 9.71 Å². The molecule has 0 amide bonds. The third-order valence-electron chi connectivity index (χ3n) is 3.01. The predicted molar refractivity (Wildman–Crippen MR) is 81.5 cm³/mol. The zero-order valence-electron chi connectivity index (χ0n) is 12.3. The van der Waals surface area contributed by atoms with Gasteiger partial charge in [-0.1, -0.05) is 0 Å². The van der Waals surface area contributed by atoms with Gasteiger partial charge in [-0.3, -0.25) is 0 Å². The number of rotatable bonds is 4. The van der Waals surface area contributed by atoms with Crippen LogP contribution in [0.2, 0.25) is 0 Å². The maximum absolute atomic E-state index is 12.3. The minimum atomic E-state index is -3.49. The monoisotopic (exact) mass is 313 g/mol. The predicted octanol–water partition coefficient (Wildman–Crippen LogP) is 2.45. The second kappa shape index (κ2) is 5.31. The lowest BCUT2D eigenvalue weighted by Gasteiger charge is -2.09. The van der Waals surface area contributed by atoms with Crippen molar-refractivity contribution in [2.45, 2.75) is 38.6 Å². The van der Waals surface area contributed by atoms with Gasteiger partial charge in [0.05, 0.1) is 5.69 Å². The van der Waals surface area contributed by atoms with Crippen molar-refractivity contribution in [3.8, 4) is 10.7 Å². The van der Waals surface area contributed by atoms with Crippen LogP contribution in [0.25, 0.3) is 10.7 Å². The molecule has 2 aromatic heterocycles. The first-order valence-corrected chi connectivity index (χ1v) is 8.70. The molecular weight excluding hydrogens is 294 g/mol. The molecule has 0 atom stereocenters. The molecule has 0 aliphatic heterocycles. The lowest BCUT2D eigenvalue weighted by Crippen LogP contribution is -2.30. The van der Waals surface area contributed by atoms with Crippen LogP contribution in [0.5, 0.6) is 0 Å². The summed E-state index contributed by atoms with van der Waals surface area (Å²) in [6.07, 6.45) is 0. The van der Waals surface area contributed by atoms with Gasteiger partial charge >= 0.3 is 0 Å². The van der Waals surface area contributed by atoms with Gasteiger partial charge in [-0.2, -0.15) is 0 Å². The molecule has 2 rings (SSSR count). The molecule has 7 heteroatoms. The molecular formula is C13H19N3O2S2. The van der Waals surface area contributed by atoms with Crippen LogP contribution in [0.15, 0.2) is 16.3 Å². The Hall–Kier alpha value is -1.18. The summed E-state index contributed by atoms with van der Waals surface area (Å²) in [5.41, 5.74) is 2.47. The summed E-state index contributed by atoms with van der Waals surface area (Å²) in [6.45, 7) is 7.34. The summed E-state index contributed by atoms with van der Waals surface area (Å²) >= 11 is 1.52. The lowest BCUT2D eigenvalue weighted by molar-refractivity contribution is 0.569. The summed E-state index contributed by atoms with van der Waals surface area (Å²) in [6, 6.07) is 1.56. The van der Waals surface area contributed by atoms with Crippen molar-refractivity contribution in [1.82, 2.24) is 14.3 Å². The molecule has 0 saturated carbocycles. The highest BCUT2D eigenvalue weighted by Gasteiger charge is 2.23. The Morgan fingerprint density at radius 2 is 2.00 bits per heavy atom. The van der Waals surface area contributed by atoms with Crippen LogP contribution in [-0.2, 0) is 17.1 Å². The number of nitrogens with one attached hydrogen (secondary N) is 1. The van der Waals surface area contributed by atoms with Gasteiger partial charge in [0.2, 0.25) is 10.0 Å².